The van der Waals surface area contributed by atoms with E-state index >= 15 is 0 Å². The van der Waals surface area contributed by atoms with Crippen LogP contribution in [0.5, 0.6) is 0 Å². The normalized spacial score (nSPS) is 11.2. The van der Waals surface area contributed by atoms with Gasteiger partial charge in [0, 0.05) is 28.3 Å². The monoisotopic (exact) mass is 288 g/mol. The summed E-state index contributed by atoms with van der Waals surface area (Å²) in [6, 6.07) is 14.6. The van der Waals surface area contributed by atoms with Gasteiger partial charge in [-0.3, -0.25) is 0 Å². The molecule has 0 unspecified atom stereocenters. The Bertz CT molecular complexity index is 764. The van der Waals surface area contributed by atoms with Crippen LogP contribution in [0.2, 0.25) is 5.02 Å². The number of halogens is 2. The van der Waals surface area contributed by atoms with E-state index in [1.807, 2.05) is 34.9 Å². The van der Waals surface area contributed by atoms with Crippen molar-refractivity contribution >= 4 is 22.5 Å². The van der Waals surface area contributed by atoms with Gasteiger partial charge in [-0.2, -0.15) is 0 Å². The largest absolute Gasteiger partial charge is 0.339 e. The highest BCUT2D eigenvalue weighted by Crippen LogP contribution is 2.23. The van der Waals surface area contributed by atoms with Crippen molar-refractivity contribution in [1.29, 1.82) is 0 Å². The van der Waals surface area contributed by atoms with E-state index in [0.29, 0.717) is 23.7 Å². The molecule has 0 amide bonds. The van der Waals surface area contributed by atoms with Crippen molar-refractivity contribution in [2.45, 2.75) is 13.1 Å². The molecule has 0 spiro atoms. The molecular formula is C16H14ClFN2. The molecule has 20 heavy (non-hydrogen) atoms. The minimum Gasteiger partial charge on any atom is -0.339 e. The third kappa shape index (κ3) is 2.30. The van der Waals surface area contributed by atoms with Crippen LogP contribution in [-0.2, 0) is 13.1 Å². The van der Waals surface area contributed by atoms with Crippen LogP contribution in [0.1, 0.15) is 11.3 Å². The zero-order valence-corrected chi connectivity index (χ0v) is 11.6. The van der Waals surface area contributed by atoms with Crippen molar-refractivity contribution in [2.24, 2.45) is 5.73 Å². The van der Waals surface area contributed by atoms with Gasteiger partial charge in [-0.05, 0) is 35.7 Å². The van der Waals surface area contributed by atoms with Crippen molar-refractivity contribution in [1.82, 2.24) is 4.57 Å². The Morgan fingerprint density at radius 1 is 1.10 bits per heavy atom. The fourth-order valence-electron chi connectivity index (χ4n) is 2.46. The predicted octanol–water partition coefficient (Wildman–Crippen LogP) is 3.94. The predicted molar refractivity (Wildman–Crippen MR) is 80.3 cm³/mol. The van der Waals surface area contributed by atoms with Gasteiger partial charge in [0.25, 0.3) is 0 Å². The molecule has 0 saturated carbocycles. The summed E-state index contributed by atoms with van der Waals surface area (Å²) < 4.78 is 15.9. The van der Waals surface area contributed by atoms with Gasteiger partial charge in [0.1, 0.15) is 5.82 Å². The second kappa shape index (κ2) is 5.27. The summed E-state index contributed by atoms with van der Waals surface area (Å²) in [6.07, 6.45) is 0. The first-order valence-corrected chi connectivity index (χ1v) is 6.78. The molecule has 0 aliphatic carbocycles. The lowest BCUT2D eigenvalue weighted by molar-refractivity contribution is 0.599. The maximum Gasteiger partial charge on any atom is 0.128 e. The van der Waals surface area contributed by atoms with Crippen LogP contribution >= 0.6 is 11.6 Å². The van der Waals surface area contributed by atoms with E-state index in [2.05, 4.69) is 0 Å². The summed E-state index contributed by atoms with van der Waals surface area (Å²) in [7, 11) is 0. The molecule has 2 N–H and O–H groups in total. The van der Waals surface area contributed by atoms with E-state index in [-0.39, 0.29) is 5.82 Å². The SMILES string of the molecule is NCc1cc2ccccc2n1Cc1cc(Cl)ccc1F. The van der Waals surface area contributed by atoms with Crippen LogP contribution in [0, 0.1) is 5.82 Å². The average molecular weight is 289 g/mol. The van der Waals surface area contributed by atoms with Crippen LogP contribution in [-0.4, -0.2) is 4.57 Å². The molecular weight excluding hydrogens is 275 g/mol. The molecule has 0 aliphatic heterocycles. The number of nitrogens with two attached hydrogens (primary N) is 1. The smallest absolute Gasteiger partial charge is 0.128 e. The van der Waals surface area contributed by atoms with Gasteiger partial charge in [-0.15, -0.1) is 0 Å². The minimum absolute atomic E-state index is 0.254. The number of hydrogen-bond acceptors (Lipinski definition) is 1. The summed E-state index contributed by atoms with van der Waals surface area (Å²) in [6.45, 7) is 0.837. The molecule has 102 valence electrons. The first-order valence-electron chi connectivity index (χ1n) is 6.40. The Labute approximate surface area is 121 Å². The van der Waals surface area contributed by atoms with E-state index in [4.69, 9.17) is 17.3 Å². The van der Waals surface area contributed by atoms with Crippen LogP contribution in [0.4, 0.5) is 4.39 Å². The molecule has 0 bridgehead atoms. The maximum atomic E-state index is 13.9. The third-order valence-corrected chi connectivity index (χ3v) is 3.68. The van der Waals surface area contributed by atoms with E-state index in [0.717, 1.165) is 16.6 Å². The van der Waals surface area contributed by atoms with E-state index in [9.17, 15) is 4.39 Å². The second-order valence-corrected chi connectivity index (χ2v) is 5.16. The summed E-state index contributed by atoms with van der Waals surface area (Å²) in [5, 5.41) is 1.64. The van der Waals surface area contributed by atoms with Crippen molar-refractivity contribution < 1.29 is 4.39 Å². The second-order valence-electron chi connectivity index (χ2n) is 4.72. The summed E-state index contributed by atoms with van der Waals surface area (Å²) in [5.74, 6) is -0.254. The lowest BCUT2D eigenvalue weighted by Gasteiger charge is -2.11. The Morgan fingerprint density at radius 2 is 1.90 bits per heavy atom. The van der Waals surface area contributed by atoms with Gasteiger partial charge in [0.2, 0.25) is 0 Å². The molecule has 2 aromatic carbocycles. The summed E-state index contributed by atoms with van der Waals surface area (Å²) in [4.78, 5) is 0. The van der Waals surface area contributed by atoms with Crippen molar-refractivity contribution in [3.63, 3.8) is 0 Å². The lowest BCUT2D eigenvalue weighted by Crippen LogP contribution is -2.09. The van der Waals surface area contributed by atoms with Crippen LogP contribution in [0.25, 0.3) is 10.9 Å². The molecule has 0 aliphatic rings. The van der Waals surface area contributed by atoms with Crippen LogP contribution in [0.15, 0.2) is 48.5 Å². The van der Waals surface area contributed by atoms with E-state index < -0.39 is 0 Å². The van der Waals surface area contributed by atoms with Gasteiger partial charge >= 0.3 is 0 Å². The highest BCUT2D eigenvalue weighted by Gasteiger charge is 2.10. The van der Waals surface area contributed by atoms with Crippen molar-refractivity contribution in [3.05, 3.63) is 70.6 Å². The zero-order valence-electron chi connectivity index (χ0n) is 10.8. The Kier molecular flexibility index (Phi) is 3.47. The zero-order chi connectivity index (χ0) is 14.1. The molecule has 0 saturated heterocycles. The minimum atomic E-state index is -0.254. The first-order chi connectivity index (χ1) is 9.69. The first kappa shape index (κ1) is 13.2. The quantitative estimate of drug-likeness (QED) is 0.777. The number of hydrogen-bond donors (Lipinski definition) is 1. The fourth-order valence-corrected chi connectivity index (χ4v) is 2.65. The third-order valence-electron chi connectivity index (χ3n) is 3.44. The molecule has 0 atom stereocenters. The molecule has 0 fully saturated rings. The lowest BCUT2D eigenvalue weighted by atomic mass is 10.2. The fraction of sp³-hybridized carbons (Fsp3) is 0.125. The van der Waals surface area contributed by atoms with Crippen LogP contribution < -0.4 is 5.73 Å². The van der Waals surface area contributed by atoms with E-state index in [1.165, 1.54) is 6.07 Å². The van der Waals surface area contributed by atoms with Gasteiger partial charge in [-0.25, -0.2) is 4.39 Å². The maximum absolute atomic E-state index is 13.9. The number of nitrogens with zero attached hydrogens (tertiary/aromatic N) is 1. The van der Waals surface area contributed by atoms with Crippen molar-refractivity contribution in [2.75, 3.05) is 0 Å². The number of rotatable bonds is 3. The van der Waals surface area contributed by atoms with Crippen LogP contribution in [0.3, 0.4) is 0 Å². The number of para-hydroxylation sites is 1. The highest BCUT2D eigenvalue weighted by molar-refractivity contribution is 6.30. The van der Waals surface area contributed by atoms with Crippen molar-refractivity contribution in [3.8, 4) is 0 Å². The average Bonchev–Trinajstić information content (AvgIpc) is 2.81. The molecule has 3 rings (SSSR count). The number of aromatic nitrogens is 1. The van der Waals surface area contributed by atoms with Gasteiger partial charge in [0.05, 0.1) is 6.54 Å². The topological polar surface area (TPSA) is 30.9 Å². The Hall–Kier alpha value is -1.84. The molecule has 1 heterocycles. The Morgan fingerprint density at radius 3 is 2.70 bits per heavy atom. The Balaban J connectivity index is 2.12. The molecule has 2 nitrogen and oxygen atoms in total. The molecule has 0 radical (unpaired) electrons. The number of benzene rings is 2. The summed E-state index contributed by atoms with van der Waals surface area (Å²) >= 11 is 5.95. The molecule has 4 heteroatoms. The molecule has 1 aromatic heterocycles. The molecule has 3 aromatic rings. The van der Waals surface area contributed by atoms with Gasteiger partial charge in [0.15, 0.2) is 0 Å². The van der Waals surface area contributed by atoms with Gasteiger partial charge < -0.3 is 10.3 Å². The van der Waals surface area contributed by atoms with E-state index in [1.54, 1.807) is 12.1 Å². The summed E-state index contributed by atoms with van der Waals surface area (Å²) in [5.41, 5.74) is 8.38. The highest BCUT2D eigenvalue weighted by atomic mass is 35.5. The number of fused-ring (bicyclic) bond motifs is 1. The standard InChI is InChI=1S/C16H14ClFN2/c17-13-5-6-15(18)12(7-13)10-20-14(9-19)8-11-3-1-2-4-16(11)20/h1-8H,9-10,19H2. The van der Waals surface area contributed by atoms with Gasteiger partial charge in [-0.1, -0.05) is 29.8 Å².